The Morgan fingerprint density at radius 2 is 1.94 bits per heavy atom. The minimum absolute atomic E-state index is 0.127. The van der Waals surface area contributed by atoms with E-state index in [0.717, 1.165) is 25.7 Å². The Hall–Kier alpha value is -0.630. The molecule has 2 atom stereocenters. The lowest BCUT2D eigenvalue weighted by Gasteiger charge is -2.31. The summed E-state index contributed by atoms with van der Waals surface area (Å²) < 4.78 is 0. The van der Waals surface area contributed by atoms with Crippen LogP contribution in [0.15, 0.2) is 11.6 Å². The molecule has 1 aliphatic carbocycles. The second-order valence-electron chi connectivity index (χ2n) is 6.09. The van der Waals surface area contributed by atoms with Crippen LogP contribution in [0.1, 0.15) is 59.8 Å². The van der Waals surface area contributed by atoms with Crippen LogP contribution in [-0.4, -0.2) is 16.5 Å². The summed E-state index contributed by atoms with van der Waals surface area (Å²) in [6, 6.07) is 0. The van der Waals surface area contributed by atoms with Gasteiger partial charge in [0.2, 0.25) is 0 Å². The lowest BCUT2D eigenvalue weighted by molar-refractivity contribution is -0.122. The first kappa shape index (κ1) is 14.4. The van der Waals surface area contributed by atoms with Crippen LogP contribution < -0.4 is 0 Å². The van der Waals surface area contributed by atoms with Crippen LogP contribution in [0.2, 0.25) is 0 Å². The van der Waals surface area contributed by atoms with Crippen LogP contribution in [0, 0.1) is 11.8 Å². The van der Waals surface area contributed by atoms with Crippen molar-refractivity contribution in [2.45, 2.75) is 65.4 Å². The lowest BCUT2D eigenvalue weighted by atomic mass is 9.79. The first-order valence-electron chi connectivity index (χ1n) is 6.71. The van der Waals surface area contributed by atoms with Crippen molar-refractivity contribution in [3.63, 3.8) is 0 Å². The standard InChI is InChI=1S/C15H26O2/c1-11-5-8-13(15(3,4)17)9-7-12(2)14(16)10-6-11/h6,12-13,17H,5,7-10H2,1-4H3/b11-6-. The minimum Gasteiger partial charge on any atom is -0.390 e. The number of hydrogen-bond acceptors (Lipinski definition) is 2. The zero-order valence-electron chi connectivity index (χ0n) is 11.6. The van der Waals surface area contributed by atoms with E-state index in [4.69, 9.17) is 0 Å². The highest BCUT2D eigenvalue weighted by Crippen LogP contribution is 2.30. The summed E-state index contributed by atoms with van der Waals surface area (Å²) in [5.74, 6) is 0.752. The largest absolute Gasteiger partial charge is 0.390 e. The first-order valence-corrected chi connectivity index (χ1v) is 6.71. The van der Waals surface area contributed by atoms with E-state index in [2.05, 4.69) is 13.0 Å². The fourth-order valence-electron chi connectivity index (χ4n) is 2.44. The first-order chi connectivity index (χ1) is 7.80. The molecule has 2 nitrogen and oxygen atoms in total. The smallest absolute Gasteiger partial charge is 0.139 e. The zero-order valence-corrected chi connectivity index (χ0v) is 11.6. The Bertz CT molecular complexity index is 297. The van der Waals surface area contributed by atoms with Crippen molar-refractivity contribution in [1.82, 2.24) is 0 Å². The van der Waals surface area contributed by atoms with Gasteiger partial charge in [0.05, 0.1) is 5.60 Å². The number of carbonyl (C=O) groups is 1. The summed E-state index contributed by atoms with van der Waals surface area (Å²) >= 11 is 0. The summed E-state index contributed by atoms with van der Waals surface area (Å²) in [6.45, 7) is 7.86. The van der Waals surface area contributed by atoms with Crippen molar-refractivity contribution >= 4 is 5.78 Å². The fourth-order valence-corrected chi connectivity index (χ4v) is 2.44. The molecular weight excluding hydrogens is 212 g/mol. The van der Waals surface area contributed by atoms with Crippen LogP contribution in [0.5, 0.6) is 0 Å². The summed E-state index contributed by atoms with van der Waals surface area (Å²) in [5.41, 5.74) is 0.643. The van der Waals surface area contributed by atoms with Crippen molar-refractivity contribution < 1.29 is 9.90 Å². The second kappa shape index (κ2) is 5.81. The highest BCUT2D eigenvalue weighted by atomic mass is 16.3. The molecule has 0 aromatic heterocycles. The maximum atomic E-state index is 11.8. The van der Waals surface area contributed by atoms with Gasteiger partial charge in [0.25, 0.3) is 0 Å². The average Bonchev–Trinajstić information content (AvgIpc) is 2.22. The molecule has 0 saturated carbocycles. The van der Waals surface area contributed by atoms with Crippen molar-refractivity contribution in [1.29, 1.82) is 0 Å². The third-order valence-corrected chi connectivity index (χ3v) is 4.04. The molecule has 2 heteroatoms. The second-order valence-corrected chi connectivity index (χ2v) is 6.09. The van der Waals surface area contributed by atoms with Crippen molar-refractivity contribution in [3.8, 4) is 0 Å². The van der Waals surface area contributed by atoms with Crippen molar-refractivity contribution in [2.75, 3.05) is 0 Å². The summed E-state index contributed by atoms with van der Waals surface area (Å²) in [4.78, 5) is 11.8. The van der Waals surface area contributed by atoms with Gasteiger partial charge in [-0.2, -0.15) is 0 Å². The Morgan fingerprint density at radius 1 is 1.29 bits per heavy atom. The Balaban J connectivity index is 2.78. The van der Waals surface area contributed by atoms with Gasteiger partial charge in [0.15, 0.2) is 0 Å². The van der Waals surface area contributed by atoms with Crippen molar-refractivity contribution in [3.05, 3.63) is 11.6 Å². The van der Waals surface area contributed by atoms with E-state index < -0.39 is 5.60 Å². The minimum atomic E-state index is -0.637. The molecule has 0 saturated heterocycles. The number of rotatable bonds is 1. The van der Waals surface area contributed by atoms with Crippen molar-refractivity contribution in [2.24, 2.45) is 11.8 Å². The van der Waals surface area contributed by atoms with Gasteiger partial charge in [0.1, 0.15) is 5.78 Å². The molecule has 0 aromatic rings. The van der Waals surface area contributed by atoms with Gasteiger partial charge in [-0.15, -0.1) is 0 Å². The quantitative estimate of drug-likeness (QED) is 0.710. The molecule has 0 spiro atoms. The number of aliphatic hydroxyl groups is 1. The predicted octanol–water partition coefficient (Wildman–Crippen LogP) is 3.49. The van der Waals surface area contributed by atoms with Crippen LogP contribution >= 0.6 is 0 Å². The number of hydrogen-bond donors (Lipinski definition) is 1. The monoisotopic (exact) mass is 238 g/mol. The number of Topliss-reactive ketones (excluding diaryl/α,β-unsaturated/α-hetero) is 1. The predicted molar refractivity (Wildman–Crippen MR) is 70.8 cm³/mol. The zero-order chi connectivity index (χ0) is 13.1. The molecule has 1 aliphatic rings. The SMILES string of the molecule is C/C1=C/CC(=O)C(C)CCC(C(C)(C)O)CC1. The molecule has 0 amide bonds. The van der Waals surface area contributed by atoms with E-state index in [0.29, 0.717) is 18.1 Å². The molecule has 0 bridgehead atoms. The summed E-state index contributed by atoms with van der Waals surface area (Å²) in [6.07, 6.45) is 6.51. The third-order valence-electron chi connectivity index (χ3n) is 4.04. The topological polar surface area (TPSA) is 37.3 Å². The van der Waals surface area contributed by atoms with E-state index in [-0.39, 0.29) is 5.92 Å². The molecule has 17 heavy (non-hydrogen) atoms. The van der Waals surface area contributed by atoms with E-state index in [1.165, 1.54) is 5.57 Å². The summed E-state index contributed by atoms with van der Waals surface area (Å²) in [7, 11) is 0. The molecule has 0 aromatic carbocycles. The molecule has 0 heterocycles. The van der Waals surface area contributed by atoms with Crippen LogP contribution in [0.25, 0.3) is 0 Å². The van der Waals surface area contributed by atoms with E-state index in [1.807, 2.05) is 20.8 Å². The van der Waals surface area contributed by atoms with Crippen LogP contribution in [0.4, 0.5) is 0 Å². The molecule has 0 fully saturated rings. The Kier molecular flexibility index (Phi) is 4.93. The van der Waals surface area contributed by atoms with E-state index in [1.54, 1.807) is 0 Å². The van der Waals surface area contributed by atoms with E-state index >= 15 is 0 Å². The number of ketones is 1. The molecule has 0 aliphatic heterocycles. The van der Waals surface area contributed by atoms with Gasteiger partial charge in [0, 0.05) is 12.3 Å². The molecule has 0 radical (unpaired) electrons. The molecule has 1 N–H and O–H groups in total. The van der Waals surface area contributed by atoms with Gasteiger partial charge < -0.3 is 5.11 Å². The van der Waals surface area contributed by atoms with Gasteiger partial charge >= 0.3 is 0 Å². The number of allylic oxidation sites excluding steroid dienone is 2. The molecule has 2 unspecified atom stereocenters. The number of carbonyl (C=O) groups excluding carboxylic acids is 1. The highest BCUT2D eigenvalue weighted by Gasteiger charge is 2.27. The normalized spacial score (nSPS) is 31.8. The average molecular weight is 238 g/mol. The maximum Gasteiger partial charge on any atom is 0.139 e. The lowest BCUT2D eigenvalue weighted by Crippen LogP contribution is -2.31. The van der Waals surface area contributed by atoms with Gasteiger partial charge in [-0.1, -0.05) is 18.6 Å². The Morgan fingerprint density at radius 3 is 2.53 bits per heavy atom. The van der Waals surface area contributed by atoms with Crippen LogP contribution in [-0.2, 0) is 4.79 Å². The molecule has 1 rings (SSSR count). The van der Waals surface area contributed by atoms with Crippen LogP contribution in [0.3, 0.4) is 0 Å². The Labute approximate surface area is 105 Å². The maximum absolute atomic E-state index is 11.8. The third kappa shape index (κ3) is 4.63. The summed E-state index contributed by atoms with van der Waals surface area (Å²) in [5, 5.41) is 10.2. The molecular formula is C15H26O2. The van der Waals surface area contributed by atoms with E-state index in [9.17, 15) is 9.90 Å². The van der Waals surface area contributed by atoms with Gasteiger partial charge in [-0.05, 0) is 52.4 Å². The fraction of sp³-hybridized carbons (Fsp3) is 0.800. The molecule has 98 valence electrons. The van der Waals surface area contributed by atoms with Gasteiger partial charge in [-0.3, -0.25) is 4.79 Å². The highest BCUT2D eigenvalue weighted by molar-refractivity contribution is 5.82. The van der Waals surface area contributed by atoms with Gasteiger partial charge in [-0.25, -0.2) is 0 Å².